The van der Waals surface area contributed by atoms with Crippen molar-refractivity contribution >= 4 is 16.5 Å². The Hall–Kier alpha value is -2.62. The van der Waals surface area contributed by atoms with Crippen molar-refractivity contribution in [2.45, 2.75) is 0 Å². The van der Waals surface area contributed by atoms with E-state index < -0.39 is 0 Å². The maximum atomic E-state index is 11.0. The number of non-ortho nitro benzene ring substituents is 1. The van der Waals surface area contributed by atoms with Crippen LogP contribution in [0.15, 0.2) is 59.2 Å². The lowest BCUT2D eigenvalue weighted by Crippen LogP contribution is -1.89. The lowest BCUT2D eigenvalue weighted by molar-refractivity contribution is -0.383. The first kappa shape index (κ1) is 10.5. The summed E-state index contributed by atoms with van der Waals surface area (Å²) in [5.74, 6) is 0.709. The maximum absolute atomic E-state index is 11.0. The van der Waals surface area contributed by atoms with Crippen molar-refractivity contribution in [2.75, 3.05) is 0 Å². The van der Waals surface area contributed by atoms with Gasteiger partial charge in [-0.25, -0.2) is 0 Å². The van der Waals surface area contributed by atoms with E-state index in [4.69, 9.17) is 4.42 Å². The van der Waals surface area contributed by atoms with Gasteiger partial charge in [0.2, 0.25) is 0 Å². The largest absolute Gasteiger partial charge is 0.464 e. The zero-order valence-corrected chi connectivity index (χ0v) is 9.37. The third-order valence-corrected chi connectivity index (χ3v) is 2.88. The van der Waals surface area contributed by atoms with E-state index in [-0.39, 0.29) is 10.6 Å². The smallest absolute Gasteiger partial charge is 0.277 e. The molecule has 0 aliphatic heterocycles. The number of hydrogen-bond acceptors (Lipinski definition) is 3. The summed E-state index contributed by atoms with van der Waals surface area (Å²) in [5, 5.41) is 12.4. The molecule has 0 aliphatic rings. The number of hydrogen-bond donors (Lipinski definition) is 0. The molecule has 4 heteroatoms. The summed E-state index contributed by atoms with van der Waals surface area (Å²) in [5.41, 5.74) is 0.974. The quantitative estimate of drug-likeness (QED) is 0.501. The van der Waals surface area contributed by atoms with Gasteiger partial charge in [-0.2, -0.15) is 0 Å². The Balaban J connectivity index is 2.36. The number of benzene rings is 2. The molecule has 0 aliphatic carbocycles. The molecule has 4 nitrogen and oxygen atoms in total. The second-order valence-electron chi connectivity index (χ2n) is 3.91. The van der Waals surface area contributed by atoms with Gasteiger partial charge in [-0.05, 0) is 23.6 Å². The Morgan fingerprint density at radius 2 is 1.72 bits per heavy atom. The van der Waals surface area contributed by atoms with Crippen LogP contribution in [0.3, 0.4) is 0 Å². The van der Waals surface area contributed by atoms with Gasteiger partial charge >= 0.3 is 0 Å². The van der Waals surface area contributed by atoms with Gasteiger partial charge in [-0.3, -0.25) is 10.1 Å². The number of nitro benzene ring substituents is 1. The number of furan rings is 1. The molecule has 0 saturated heterocycles. The van der Waals surface area contributed by atoms with Gasteiger partial charge in [-0.1, -0.05) is 24.3 Å². The first-order valence-corrected chi connectivity index (χ1v) is 5.47. The zero-order chi connectivity index (χ0) is 12.5. The molecule has 0 N–H and O–H groups in total. The lowest BCUT2D eigenvalue weighted by atomic mass is 10.0. The molecule has 88 valence electrons. The van der Waals surface area contributed by atoms with E-state index in [0.29, 0.717) is 11.1 Å². The van der Waals surface area contributed by atoms with E-state index in [1.807, 2.05) is 18.2 Å². The Labute approximate surface area is 103 Å². The summed E-state index contributed by atoms with van der Waals surface area (Å²) in [4.78, 5) is 10.6. The fourth-order valence-corrected chi connectivity index (χ4v) is 2.10. The van der Waals surface area contributed by atoms with E-state index >= 15 is 0 Å². The van der Waals surface area contributed by atoms with E-state index in [1.54, 1.807) is 30.5 Å². The van der Waals surface area contributed by atoms with Crippen LogP contribution >= 0.6 is 0 Å². The number of fused-ring (bicyclic) bond motifs is 1. The summed E-state index contributed by atoms with van der Waals surface area (Å²) < 4.78 is 5.36. The zero-order valence-electron chi connectivity index (χ0n) is 9.37. The van der Waals surface area contributed by atoms with Crippen molar-refractivity contribution in [3.05, 3.63) is 64.9 Å². The van der Waals surface area contributed by atoms with Crippen LogP contribution in [0, 0.1) is 10.1 Å². The monoisotopic (exact) mass is 239 g/mol. The van der Waals surface area contributed by atoms with Crippen LogP contribution in [-0.2, 0) is 0 Å². The SMILES string of the molecule is O=[N+]([O-])c1cccc2c(-c3ccco3)cccc12. The predicted molar refractivity (Wildman–Crippen MR) is 68.3 cm³/mol. The van der Waals surface area contributed by atoms with Crippen molar-refractivity contribution in [1.82, 2.24) is 0 Å². The fourth-order valence-electron chi connectivity index (χ4n) is 2.10. The maximum Gasteiger partial charge on any atom is 0.277 e. The van der Waals surface area contributed by atoms with Crippen molar-refractivity contribution in [3.8, 4) is 11.3 Å². The molecule has 0 amide bonds. The molecular formula is C14H9NO3. The molecule has 0 atom stereocenters. The minimum absolute atomic E-state index is 0.112. The summed E-state index contributed by atoms with van der Waals surface area (Å²) in [6.45, 7) is 0. The van der Waals surface area contributed by atoms with E-state index in [2.05, 4.69) is 0 Å². The number of rotatable bonds is 2. The van der Waals surface area contributed by atoms with Crippen molar-refractivity contribution in [3.63, 3.8) is 0 Å². The number of nitro groups is 1. The Morgan fingerprint density at radius 1 is 0.944 bits per heavy atom. The summed E-state index contributed by atoms with van der Waals surface area (Å²) >= 11 is 0. The molecule has 3 aromatic rings. The van der Waals surface area contributed by atoms with Crippen LogP contribution in [0.4, 0.5) is 5.69 Å². The summed E-state index contributed by atoms with van der Waals surface area (Å²) in [6.07, 6.45) is 1.59. The fraction of sp³-hybridized carbons (Fsp3) is 0. The molecule has 1 aromatic heterocycles. The topological polar surface area (TPSA) is 56.3 Å². The second-order valence-corrected chi connectivity index (χ2v) is 3.91. The van der Waals surface area contributed by atoms with Crippen LogP contribution < -0.4 is 0 Å². The Morgan fingerprint density at radius 3 is 2.44 bits per heavy atom. The average Bonchev–Trinajstić information content (AvgIpc) is 2.91. The standard InChI is InChI=1S/C14H9NO3/c16-15(17)13-7-2-4-10-11(13)5-1-6-12(10)14-8-3-9-18-14/h1-9H. The molecular weight excluding hydrogens is 230 g/mol. The molecule has 3 rings (SSSR count). The van der Waals surface area contributed by atoms with Crippen LogP contribution in [0.2, 0.25) is 0 Å². The molecule has 0 fully saturated rings. The van der Waals surface area contributed by atoms with Gasteiger partial charge in [0, 0.05) is 11.6 Å². The van der Waals surface area contributed by atoms with Crippen LogP contribution in [-0.4, -0.2) is 4.92 Å². The van der Waals surface area contributed by atoms with Gasteiger partial charge in [0.25, 0.3) is 5.69 Å². The first-order chi connectivity index (χ1) is 8.77. The van der Waals surface area contributed by atoms with E-state index in [9.17, 15) is 10.1 Å². The average molecular weight is 239 g/mol. The van der Waals surface area contributed by atoms with Crippen molar-refractivity contribution in [1.29, 1.82) is 0 Å². The molecule has 0 bridgehead atoms. The molecule has 0 spiro atoms. The molecule has 1 heterocycles. The van der Waals surface area contributed by atoms with Gasteiger partial charge in [0.1, 0.15) is 5.76 Å². The highest BCUT2D eigenvalue weighted by molar-refractivity contribution is 6.00. The van der Waals surface area contributed by atoms with Crippen LogP contribution in [0.25, 0.3) is 22.1 Å². The van der Waals surface area contributed by atoms with Gasteiger partial charge in [0.15, 0.2) is 0 Å². The summed E-state index contributed by atoms with van der Waals surface area (Å²) in [7, 11) is 0. The molecule has 0 saturated carbocycles. The predicted octanol–water partition coefficient (Wildman–Crippen LogP) is 4.01. The van der Waals surface area contributed by atoms with Gasteiger partial charge < -0.3 is 4.42 Å². The highest BCUT2D eigenvalue weighted by atomic mass is 16.6. The van der Waals surface area contributed by atoms with E-state index in [0.717, 1.165) is 10.9 Å². The van der Waals surface area contributed by atoms with E-state index in [1.165, 1.54) is 6.07 Å². The van der Waals surface area contributed by atoms with Crippen LogP contribution in [0.5, 0.6) is 0 Å². The molecule has 0 radical (unpaired) electrons. The Bertz CT molecular complexity index is 717. The summed E-state index contributed by atoms with van der Waals surface area (Å²) in [6, 6.07) is 14.1. The Kier molecular flexibility index (Phi) is 2.34. The number of nitrogens with zero attached hydrogens (tertiary/aromatic N) is 1. The normalized spacial score (nSPS) is 10.7. The third kappa shape index (κ3) is 1.55. The third-order valence-electron chi connectivity index (χ3n) is 2.88. The highest BCUT2D eigenvalue weighted by Gasteiger charge is 2.14. The van der Waals surface area contributed by atoms with Crippen molar-refractivity contribution in [2.24, 2.45) is 0 Å². The second kappa shape index (κ2) is 4.00. The van der Waals surface area contributed by atoms with Crippen molar-refractivity contribution < 1.29 is 9.34 Å². The molecule has 0 unspecified atom stereocenters. The minimum Gasteiger partial charge on any atom is -0.464 e. The first-order valence-electron chi connectivity index (χ1n) is 5.47. The highest BCUT2D eigenvalue weighted by Crippen LogP contribution is 2.33. The molecule has 18 heavy (non-hydrogen) atoms. The lowest BCUT2D eigenvalue weighted by Gasteiger charge is -2.04. The van der Waals surface area contributed by atoms with Gasteiger partial charge in [-0.15, -0.1) is 0 Å². The van der Waals surface area contributed by atoms with Crippen LogP contribution in [0.1, 0.15) is 0 Å². The molecule has 2 aromatic carbocycles. The minimum atomic E-state index is -0.367. The van der Waals surface area contributed by atoms with Gasteiger partial charge in [0.05, 0.1) is 16.6 Å².